The summed E-state index contributed by atoms with van der Waals surface area (Å²) in [6.07, 6.45) is 6.45. The summed E-state index contributed by atoms with van der Waals surface area (Å²) >= 11 is 0. The summed E-state index contributed by atoms with van der Waals surface area (Å²) in [5, 5.41) is 0. The molecule has 0 bridgehead atoms. The number of allylic oxidation sites excluding steroid dienone is 2. The van der Waals surface area contributed by atoms with Crippen LogP contribution < -0.4 is 0 Å². The second-order valence-corrected chi connectivity index (χ2v) is 8.68. The fourth-order valence-corrected chi connectivity index (χ4v) is 3.44. The first-order chi connectivity index (χ1) is 9.99. The highest BCUT2D eigenvalue weighted by molar-refractivity contribution is 5.77. The summed E-state index contributed by atoms with van der Waals surface area (Å²) in [5.74, 6) is 1.18. The third-order valence-corrected chi connectivity index (χ3v) is 5.55. The van der Waals surface area contributed by atoms with Crippen LogP contribution in [0.25, 0.3) is 0 Å². The van der Waals surface area contributed by atoms with Gasteiger partial charge in [-0.3, -0.25) is 4.79 Å². The van der Waals surface area contributed by atoms with E-state index < -0.39 is 5.41 Å². The molecule has 1 aliphatic carbocycles. The average molecular weight is 309 g/mol. The highest BCUT2D eigenvalue weighted by Gasteiger charge is 2.43. The van der Waals surface area contributed by atoms with Crippen molar-refractivity contribution in [3.63, 3.8) is 0 Å². The summed E-state index contributed by atoms with van der Waals surface area (Å²) in [4.78, 5) is 12.9. The number of hydrogen-bond donors (Lipinski definition) is 0. The summed E-state index contributed by atoms with van der Waals surface area (Å²) < 4.78 is 6.07. The maximum Gasteiger partial charge on any atom is 0.312 e. The lowest BCUT2D eigenvalue weighted by Crippen LogP contribution is -2.44. The second-order valence-electron chi connectivity index (χ2n) is 8.68. The summed E-state index contributed by atoms with van der Waals surface area (Å²) in [5.41, 5.74) is 0.679. The molecule has 0 saturated carbocycles. The van der Waals surface area contributed by atoms with Crippen molar-refractivity contribution in [3.8, 4) is 0 Å². The number of carbonyl (C=O) groups is 1. The van der Waals surface area contributed by atoms with Gasteiger partial charge in [0.25, 0.3) is 0 Å². The van der Waals surface area contributed by atoms with Gasteiger partial charge in [0.1, 0.15) is 5.60 Å². The van der Waals surface area contributed by atoms with Crippen LogP contribution in [0, 0.1) is 23.2 Å². The average Bonchev–Trinajstić information content (AvgIpc) is 2.37. The Labute approximate surface area is 137 Å². The van der Waals surface area contributed by atoms with Gasteiger partial charge in [-0.25, -0.2) is 0 Å². The van der Waals surface area contributed by atoms with E-state index in [1.807, 2.05) is 0 Å². The molecular weight excluding hydrogens is 272 g/mol. The maximum atomic E-state index is 12.9. The van der Waals surface area contributed by atoms with E-state index in [1.165, 1.54) is 5.57 Å². The van der Waals surface area contributed by atoms with Gasteiger partial charge in [0, 0.05) is 5.92 Å². The van der Waals surface area contributed by atoms with E-state index >= 15 is 0 Å². The predicted molar refractivity (Wildman–Crippen MR) is 93.7 cm³/mol. The van der Waals surface area contributed by atoms with Crippen molar-refractivity contribution >= 4 is 5.97 Å². The van der Waals surface area contributed by atoms with Crippen LogP contribution >= 0.6 is 0 Å². The lowest BCUT2D eigenvalue weighted by molar-refractivity contribution is -0.178. The number of hydrogen-bond acceptors (Lipinski definition) is 2. The molecule has 0 amide bonds. The number of esters is 1. The van der Waals surface area contributed by atoms with Crippen molar-refractivity contribution < 1.29 is 9.53 Å². The molecule has 0 spiro atoms. The van der Waals surface area contributed by atoms with E-state index in [0.717, 1.165) is 25.7 Å². The number of carbonyl (C=O) groups excluding carboxylic acids is 1. The monoisotopic (exact) mass is 308 g/mol. The molecule has 2 nitrogen and oxygen atoms in total. The van der Waals surface area contributed by atoms with Crippen LogP contribution in [0.3, 0.4) is 0 Å². The van der Waals surface area contributed by atoms with Crippen molar-refractivity contribution in [2.45, 2.75) is 86.7 Å². The molecule has 128 valence electrons. The Morgan fingerprint density at radius 1 is 1.27 bits per heavy atom. The summed E-state index contributed by atoms with van der Waals surface area (Å²) in [7, 11) is 0. The molecule has 2 heteroatoms. The van der Waals surface area contributed by atoms with E-state index in [4.69, 9.17) is 4.74 Å². The Bertz CT molecular complexity index is 417. The highest BCUT2D eigenvalue weighted by atomic mass is 16.6. The van der Waals surface area contributed by atoms with E-state index in [2.05, 4.69) is 61.5 Å². The Morgan fingerprint density at radius 2 is 1.86 bits per heavy atom. The summed E-state index contributed by atoms with van der Waals surface area (Å²) in [6.45, 7) is 17.0. The zero-order valence-electron chi connectivity index (χ0n) is 16.0. The van der Waals surface area contributed by atoms with Crippen LogP contribution in [-0.4, -0.2) is 11.6 Å². The van der Waals surface area contributed by atoms with Gasteiger partial charge in [0.05, 0.1) is 5.41 Å². The van der Waals surface area contributed by atoms with Gasteiger partial charge in [0.2, 0.25) is 0 Å². The quantitative estimate of drug-likeness (QED) is 0.460. The molecule has 0 aromatic rings. The lowest BCUT2D eigenvalue weighted by atomic mass is 9.73. The van der Waals surface area contributed by atoms with Gasteiger partial charge in [-0.1, -0.05) is 39.3 Å². The first-order valence-electron chi connectivity index (χ1n) is 8.88. The fourth-order valence-electron chi connectivity index (χ4n) is 3.44. The number of ether oxygens (including phenoxy) is 1. The van der Waals surface area contributed by atoms with Crippen LogP contribution in [0.4, 0.5) is 0 Å². The van der Waals surface area contributed by atoms with Crippen molar-refractivity contribution in [2.24, 2.45) is 23.2 Å². The van der Waals surface area contributed by atoms with Gasteiger partial charge in [0.15, 0.2) is 0 Å². The molecule has 1 rings (SSSR count). The SMILES string of the molecule is CC1=CCC(C(C)(C)OC(=O)C(C)(CC(C)C)C(C)C)CC1. The van der Waals surface area contributed by atoms with E-state index in [-0.39, 0.29) is 17.5 Å². The van der Waals surface area contributed by atoms with Gasteiger partial charge in [-0.15, -0.1) is 0 Å². The third kappa shape index (κ3) is 4.60. The Morgan fingerprint density at radius 3 is 2.27 bits per heavy atom. The molecule has 0 radical (unpaired) electrons. The van der Waals surface area contributed by atoms with Crippen molar-refractivity contribution in [3.05, 3.63) is 11.6 Å². The first-order valence-corrected chi connectivity index (χ1v) is 8.88. The van der Waals surface area contributed by atoms with Gasteiger partial charge in [-0.05, 0) is 65.2 Å². The normalized spacial score (nSPS) is 22.5. The number of rotatable bonds is 6. The maximum absolute atomic E-state index is 12.9. The third-order valence-electron chi connectivity index (χ3n) is 5.55. The molecule has 0 aromatic heterocycles. The molecule has 0 saturated heterocycles. The van der Waals surface area contributed by atoms with Gasteiger partial charge < -0.3 is 4.74 Å². The van der Waals surface area contributed by atoms with Crippen LogP contribution in [0.5, 0.6) is 0 Å². The Hall–Kier alpha value is -0.790. The summed E-state index contributed by atoms with van der Waals surface area (Å²) in [6, 6.07) is 0. The van der Waals surface area contributed by atoms with Crippen molar-refractivity contribution in [2.75, 3.05) is 0 Å². The van der Waals surface area contributed by atoms with Crippen LogP contribution in [-0.2, 0) is 9.53 Å². The van der Waals surface area contributed by atoms with E-state index in [1.54, 1.807) is 0 Å². The highest BCUT2D eigenvalue weighted by Crippen LogP contribution is 2.40. The molecule has 0 fully saturated rings. The van der Waals surface area contributed by atoms with E-state index in [0.29, 0.717) is 11.8 Å². The molecule has 2 unspecified atom stereocenters. The molecule has 2 atom stereocenters. The molecule has 0 aliphatic heterocycles. The molecule has 0 aromatic carbocycles. The smallest absolute Gasteiger partial charge is 0.312 e. The molecule has 1 aliphatic rings. The van der Waals surface area contributed by atoms with Gasteiger partial charge >= 0.3 is 5.97 Å². The van der Waals surface area contributed by atoms with Crippen molar-refractivity contribution in [1.29, 1.82) is 0 Å². The minimum Gasteiger partial charge on any atom is -0.459 e. The second kappa shape index (κ2) is 7.19. The van der Waals surface area contributed by atoms with Crippen LogP contribution in [0.2, 0.25) is 0 Å². The Kier molecular flexibility index (Phi) is 6.29. The van der Waals surface area contributed by atoms with Crippen LogP contribution in [0.1, 0.15) is 81.1 Å². The lowest BCUT2D eigenvalue weighted by Gasteiger charge is -2.40. The minimum absolute atomic E-state index is 0.0209. The molecular formula is C20H36O2. The Balaban J connectivity index is 2.84. The molecule has 22 heavy (non-hydrogen) atoms. The van der Waals surface area contributed by atoms with Crippen molar-refractivity contribution in [1.82, 2.24) is 0 Å². The van der Waals surface area contributed by atoms with E-state index in [9.17, 15) is 4.79 Å². The molecule has 0 N–H and O–H groups in total. The molecule has 0 heterocycles. The van der Waals surface area contributed by atoms with Crippen LogP contribution in [0.15, 0.2) is 11.6 Å². The standard InChI is InChI=1S/C20H36O2/c1-14(2)13-20(8,15(3)4)18(21)22-19(6,7)17-11-9-16(5)10-12-17/h9,14-15,17H,10-13H2,1-8H3. The zero-order chi connectivity index (χ0) is 17.1. The predicted octanol–water partition coefficient (Wildman–Crippen LogP) is 5.76. The fraction of sp³-hybridized carbons (Fsp3) is 0.850. The zero-order valence-corrected chi connectivity index (χ0v) is 16.0. The minimum atomic E-state index is -0.397. The largest absolute Gasteiger partial charge is 0.459 e. The van der Waals surface area contributed by atoms with Gasteiger partial charge in [-0.2, -0.15) is 0 Å². The first kappa shape index (κ1) is 19.3. The topological polar surface area (TPSA) is 26.3 Å².